The van der Waals surface area contributed by atoms with Crippen LogP contribution in [0.5, 0.6) is 0 Å². The van der Waals surface area contributed by atoms with Crippen LogP contribution in [0.15, 0.2) is 12.1 Å². The van der Waals surface area contributed by atoms with E-state index in [1.807, 2.05) is 25.7 Å². The maximum Gasteiger partial charge on any atom is 0.410 e. The maximum absolute atomic E-state index is 14.0. The molecule has 0 unspecified atom stereocenters. The Kier molecular flexibility index (Phi) is 4.34. The number of halogens is 1. The molecule has 0 bridgehead atoms. The summed E-state index contributed by atoms with van der Waals surface area (Å²) in [6.45, 7) is 8.16. The quantitative estimate of drug-likeness (QED) is 0.782. The molecule has 1 saturated heterocycles. The molecule has 1 aromatic rings. The second kappa shape index (κ2) is 6.20. The lowest BCUT2D eigenvalue weighted by atomic mass is 10.1. The zero-order valence-corrected chi connectivity index (χ0v) is 15.1. The third kappa shape index (κ3) is 3.55. The van der Waals surface area contributed by atoms with Crippen LogP contribution in [0, 0.1) is 5.82 Å². The van der Waals surface area contributed by atoms with E-state index in [0.717, 1.165) is 11.3 Å². The first kappa shape index (κ1) is 17.5. The molecule has 0 atom stereocenters. The molecule has 1 fully saturated rings. The van der Waals surface area contributed by atoms with Crippen molar-refractivity contribution in [3.8, 4) is 0 Å². The molecule has 7 heteroatoms. The Balaban J connectivity index is 1.73. The van der Waals surface area contributed by atoms with Crippen LogP contribution in [0.2, 0.25) is 0 Å². The molecule has 0 spiro atoms. The summed E-state index contributed by atoms with van der Waals surface area (Å²) in [6, 6.07) is 2.79. The van der Waals surface area contributed by atoms with Gasteiger partial charge in [0.1, 0.15) is 11.4 Å². The number of amides is 2. The van der Waals surface area contributed by atoms with Crippen LogP contribution >= 0.6 is 0 Å². The van der Waals surface area contributed by atoms with Crippen molar-refractivity contribution >= 4 is 17.7 Å². The molecule has 6 nitrogen and oxygen atoms in total. The van der Waals surface area contributed by atoms with Gasteiger partial charge in [-0.3, -0.25) is 4.79 Å². The van der Waals surface area contributed by atoms with Crippen LogP contribution < -0.4 is 4.90 Å². The highest BCUT2D eigenvalue weighted by Gasteiger charge is 2.32. The first-order valence-electron chi connectivity index (χ1n) is 8.46. The van der Waals surface area contributed by atoms with Gasteiger partial charge in [0.15, 0.2) is 0 Å². The molecular weight excluding hydrogens is 325 g/mol. The topological polar surface area (TPSA) is 53.1 Å². The summed E-state index contributed by atoms with van der Waals surface area (Å²) in [4.78, 5) is 29.6. The molecule has 0 radical (unpaired) electrons. The number of piperazine rings is 1. The number of rotatable bonds is 1. The van der Waals surface area contributed by atoms with Crippen molar-refractivity contribution in [2.45, 2.75) is 32.9 Å². The van der Waals surface area contributed by atoms with Crippen molar-refractivity contribution < 1.29 is 18.7 Å². The first-order chi connectivity index (χ1) is 11.7. The number of carbonyl (C=O) groups is 2. The minimum atomic E-state index is -0.525. The fraction of sp³-hybridized carbons (Fsp3) is 0.556. The molecule has 1 aromatic carbocycles. The van der Waals surface area contributed by atoms with E-state index >= 15 is 0 Å². The zero-order valence-electron chi connectivity index (χ0n) is 15.1. The summed E-state index contributed by atoms with van der Waals surface area (Å²) in [6.07, 6.45) is -0.327. The molecule has 0 aliphatic carbocycles. The normalized spacial score (nSPS) is 17.8. The van der Waals surface area contributed by atoms with E-state index in [4.69, 9.17) is 4.74 Å². The van der Waals surface area contributed by atoms with Gasteiger partial charge in [0.2, 0.25) is 0 Å². The SMILES string of the molecule is CN1Cc2c(cc(F)cc2N2CCN(C(=O)OC(C)(C)C)CC2)C1=O. The molecule has 2 amide bonds. The molecule has 3 rings (SSSR count). The summed E-state index contributed by atoms with van der Waals surface area (Å²) in [5.41, 5.74) is 1.52. The van der Waals surface area contributed by atoms with Crippen LogP contribution in [0.3, 0.4) is 0 Å². The van der Waals surface area contributed by atoms with E-state index in [1.165, 1.54) is 12.1 Å². The van der Waals surface area contributed by atoms with Gasteiger partial charge in [-0.2, -0.15) is 0 Å². The van der Waals surface area contributed by atoms with Gasteiger partial charge in [-0.15, -0.1) is 0 Å². The van der Waals surface area contributed by atoms with Crippen molar-refractivity contribution in [2.75, 3.05) is 38.1 Å². The van der Waals surface area contributed by atoms with Gasteiger partial charge in [-0.25, -0.2) is 9.18 Å². The Hall–Kier alpha value is -2.31. The van der Waals surface area contributed by atoms with Crippen molar-refractivity contribution in [2.24, 2.45) is 0 Å². The van der Waals surface area contributed by atoms with E-state index in [1.54, 1.807) is 16.8 Å². The van der Waals surface area contributed by atoms with Gasteiger partial charge >= 0.3 is 6.09 Å². The van der Waals surface area contributed by atoms with Crippen LogP contribution in [0.25, 0.3) is 0 Å². The molecule has 25 heavy (non-hydrogen) atoms. The second-order valence-corrected chi connectivity index (χ2v) is 7.57. The highest BCUT2D eigenvalue weighted by atomic mass is 19.1. The minimum absolute atomic E-state index is 0.150. The maximum atomic E-state index is 14.0. The number of hydrogen-bond acceptors (Lipinski definition) is 4. The Morgan fingerprint density at radius 2 is 1.80 bits per heavy atom. The van der Waals surface area contributed by atoms with E-state index in [0.29, 0.717) is 38.3 Å². The van der Waals surface area contributed by atoms with Gasteiger partial charge in [-0.05, 0) is 32.9 Å². The lowest BCUT2D eigenvalue weighted by Gasteiger charge is -2.37. The molecular formula is C18H24FN3O3. The Morgan fingerprint density at radius 3 is 2.40 bits per heavy atom. The van der Waals surface area contributed by atoms with E-state index in [2.05, 4.69) is 0 Å². The molecule has 0 N–H and O–H groups in total. The second-order valence-electron chi connectivity index (χ2n) is 7.57. The molecule has 2 aliphatic heterocycles. The van der Waals surface area contributed by atoms with E-state index < -0.39 is 11.4 Å². The summed E-state index contributed by atoms with van der Waals surface area (Å²) < 4.78 is 19.4. The van der Waals surface area contributed by atoms with E-state index in [9.17, 15) is 14.0 Å². The Bertz CT molecular complexity index is 706. The lowest BCUT2D eigenvalue weighted by molar-refractivity contribution is 0.0240. The largest absolute Gasteiger partial charge is 0.444 e. The van der Waals surface area contributed by atoms with Gasteiger partial charge < -0.3 is 19.4 Å². The van der Waals surface area contributed by atoms with Crippen molar-refractivity contribution in [1.82, 2.24) is 9.80 Å². The van der Waals surface area contributed by atoms with Crippen molar-refractivity contribution in [3.05, 3.63) is 29.1 Å². The molecule has 136 valence electrons. The van der Waals surface area contributed by atoms with Crippen LogP contribution in [-0.4, -0.2) is 60.6 Å². The minimum Gasteiger partial charge on any atom is -0.444 e. The van der Waals surface area contributed by atoms with Crippen LogP contribution in [0.1, 0.15) is 36.7 Å². The number of hydrogen-bond donors (Lipinski definition) is 0. The first-order valence-corrected chi connectivity index (χ1v) is 8.46. The average Bonchev–Trinajstić information content (AvgIpc) is 2.81. The standard InChI is InChI=1S/C18H24FN3O3/c1-18(2,3)25-17(24)22-7-5-21(6-8-22)15-10-12(19)9-13-14(15)11-20(4)16(13)23/h9-10H,5-8,11H2,1-4H3. The monoisotopic (exact) mass is 349 g/mol. The average molecular weight is 349 g/mol. The molecule has 2 aliphatic rings. The van der Waals surface area contributed by atoms with Gasteiger partial charge in [0.05, 0.1) is 0 Å². The Morgan fingerprint density at radius 1 is 1.16 bits per heavy atom. The van der Waals surface area contributed by atoms with Crippen molar-refractivity contribution in [1.29, 1.82) is 0 Å². The van der Waals surface area contributed by atoms with E-state index in [-0.39, 0.29) is 12.0 Å². The summed E-state index contributed by atoms with van der Waals surface area (Å²) in [7, 11) is 1.71. The fourth-order valence-electron chi connectivity index (χ4n) is 3.23. The lowest BCUT2D eigenvalue weighted by Crippen LogP contribution is -2.50. The summed E-state index contributed by atoms with van der Waals surface area (Å²) >= 11 is 0. The highest BCUT2D eigenvalue weighted by molar-refractivity contribution is 6.00. The third-order valence-electron chi connectivity index (χ3n) is 4.44. The number of carbonyl (C=O) groups excluding carboxylic acids is 2. The number of nitrogens with zero attached hydrogens (tertiary/aromatic N) is 3. The summed E-state index contributed by atoms with van der Waals surface area (Å²) in [5.74, 6) is -0.560. The van der Waals surface area contributed by atoms with Crippen molar-refractivity contribution in [3.63, 3.8) is 0 Å². The van der Waals surface area contributed by atoms with Gasteiger partial charge in [0, 0.05) is 56.6 Å². The van der Waals surface area contributed by atoms with Crippen LogP contribution in [0.4, 0.5) is 14.9 Å². The zero-order chi connectivity index (χ0) is 18.4. The number of anilines is 1. The molecule has 2 heterocycles. The number of ether oxygens (including phenoxy) is 1. The molecule has 0 aromatic heterocycles. The fourth-order valence-corrected chi connectivity index (χ4v) is 3.23. The van der Waals surface area contributed by atoms with Crippen LogP contribution in [-0.2, 0) is 11.3 Å². The number of benzene rings is 1. The van der Waals surface area contributed by atoms with Gasteiger partial charge in [0.25, 0.3) is 5.91 Å². The predicted octanol–water partition coefficient (Wildman–Crippen LogP) is 2.47. The Labute approximate surface area is 147 Å². The highest BCUT2D eigenvalue weighted by Crippen LogP contribution is 2.32. The third-order valence-corrected chi connectivity index (χ3v) is 4.44. The van der Waals surface area contributed by atoms with Gasteiger partial charge in [-0.1, -0.05) is 0 Å². The molecule has 0 saturated carbocycles. The predicted molar refractivity (Wildman–Crippen MR) is 92.2 cm³/mol. The summed E-state index contributed by atoms with van der Waals surface area (Å²) in [5, 5.41) is 0. The smallest absolute Gasteiger partial charge is 0.410 e. The number of fused-ring (bicyclic) bond motifs is 1.